The van der Waals surface area contributed by atoms with Crippen LogP contribution in [0.5, 0.6) is 23.0 Å². The van der Waals surface area contributed by atoms with Gasteiger partial charge in [-0.1, -0.05) is 12.1 Å². The van der Waals surface area contributed by atoms with Gasteiger partial charge >= 0.3 is 0 Å². The molecule has 2 aromatic carbocycles. The molecule has 7 N–H and O–H groups in total. The van der Waals surface area contributed by atoms with E-state index < -0.39 is 65.4 Å². The van der Waals surface area contributed by atoms with Crippen LogP contribution in [0.25, 0.3) is 0 Å². The fourth-order valence-electron chi connectivity index (χ4n) is 3.76. The van der Waals surface area contributed by atoms with Gasteiger partial charge in [0.05, 0.1) is 6.10 Å². The summed E-state index contributed by atoms with van der Waals surface area (Å²) in [6, 6.07) is 7.16. The van der Waals surface area contributed by atoms with Gasteiger partial charge in [-0.25, -0.2) is 0 Å². The number of ketones is 1. The number of benzene rings is 2. The Morgan fingerprint density at radius 3 is 2.25 bits per heavy atom. The minimum atomic E-state index is -2.88. The number of fused-ring (bicyclic) bond motifs is 1. The van der Waals surface area contributed by atoms with E-state index in [9.17, 15) is 40.5 Å². The van der Waals surface area contributed by atoms with Crippen molar-refractivity contribution in [1.82, 2.24) is 0 Å². The molecule has 0 radical (unpaired) electrons. The van der Waals surface area contributed by atoms with Crippen molar-refractivity contribution in [3.63, 3.8) is 0 Å². The molecule has 0 aromatic heterocycles. The second-order valence-electron chi connectivity index (χ2n) is 7.75. The van der Waals surface area contributed by atoms with Crippen LogP contribution < -0.4 is 4.74 Å². The second kappa shape index (κ2) is 7.89. The highest BCUT2D eigenvalue weighted by molar-refractivity contribution is 6.07. The predicted molar refractivity (Wildman–Crippen MR) is 104 cm³/mol. The molecule has 11 nitrogen and oxygen atoms in total. The van der Waals surface area contributed by atoms with Crippen LogP contribution in [0.2, 0.25) is 0 Å². The largest absolute Gasteiger partial charge is 0.508 e. The SMILES string of the molecule is C[C@@H]1O[C@@H](O[C@@]2(O)C(=O)c3c(O)cc(O)cc3O[C@@H]2c2ccc(O)cc2)[C@H](O)[C@H](O)[C@H]1O. The zero-order valence-electron chi connectivity index (χ0n) is 16.7. The van der Waals surface area contributed by atoms with E-state index in [4.69, 9.17) is 14.2 Å². The van der Waals surface area contributed by atoms with Crippen molar-refractivity contribution in [2.24, 2.45) is 0 Å². The molecule has 2 aliphatic heterocycles. The third kappa shape index (κ3) is 3.54. The van der Waals surface area contributed by atoms with E-state index in [0.717, 1.165) is 12.1 Å². The molecule has 7 atom stereocenters. The molecule has 0 unspecified atom stereocenters. The van der Waals surface area contributed by atoms with Gasteiger partial charge in [0.15, 0.2) is 12.4 Å². The van der Waals surface area contributed by atoms with Gasteiger partial charge in [-0.3, -0.25) is 4.79 Å². The smallest absolute Gasteiger partial charge is 0.276 e. The quantitative estimate of drug-likeness (QED) is 0.303. The Bertz CT molecular complexity index is 1020. The Kier molecular flexibility index (Phi) is 5.49. The number of phenolic OH excluding ortho intramolecular Hbond substituents is 3. The van der Waals surface area contributed by atoms with E-state index in [1.165, 1.54) is 31.2 Å². The first-order valence-corrected chi connectivity index (χ1v) is 9.69. The number of carbonyl (C=O) groups is 1. The number of aliphatic hydroxyl groups excluding tert-OH is 3. The molecule has 0 spiro atoms. The van der Waals surface area contributed by atoms with Gasteiger partial charge in [-0.2, -0.15) is 0 Å². The van der Waals surface area contributed by atoms with E-state index in [1.54, 1.807) is 0 Å². The van der Waals surface area contributed by atoms with E-state index in [-0.39, 0.29) is 17.1 Å². The number of hydrogen-bond donors (Lipinski definition) is 7. The maximum absolute atomic E-state index is 13.3. The van der Waals surface area contributed by atoms with Gasteiger partial charge < -0.3 is 50.0 Å². The molecule has 172 valence electrons. The third-order valence-electron chi connectivity index (χ3n) is 5.52. The average molecular weight is 450 g/mol. The van der Waals surface area contributed by atoms with Crippen molar-refractivity contribution in [3.8, 4) is 23.0 Å². The molecule has 2 aliphatic rings. The minimum Gasteiger partial charge on any atom is -0.508 e. The summed E-state index contributed by atoms with van der Waals surface area (Å²) in [7, 11) is 0. The first kappa shape index (κ1) is 22.3. The third-order valence-corrected chi connectivity index (χ3v) is 5.52. The predicted octanol–water partition coefficient (Wildman–Crippen LogP) is -0.348. The first-order valence-electron chi connectivity index (χ1n) is 9.69. The summed E-state index contributed by atoms with van der Waals surface area (Å²) in [5.41, 5.74) is -0.328. The second-order valence-corrected chi connectivity index (χ2v) is 7.75. The van der Waals surface area contributed by atoms with Gasteiger partial charge in [0.2, 0.25) is 5.78 Å². The lowest BCUT2D eigenvalue weighted by atomic mass is 9.89. The standard InChI is InChI=1S/C21H22O11/c1-8-15(25)16(26)17(27)20(30-8)32-21(29)18(28)14-12(24)6-11(23)7-13(14)31-19(21)9-2-4-10(22)5-3-9/h2-8,15-17,19-20,22-27,29H,1H3/t8-,15-,16+,17+,19+,20-,21-/m0/s1. The molecule has 0 amide bonds. The summed E-state index contributed by atoms with van der Waals surface area (Å²) < 4.78 is 16.5. The maximum Gasteiger partial charge on any atom is 0.276 e. The van der Waals surface area contributed by atoms with Crippen molar-refractivity contribution in [1.29, 1.82) is 0 Å². The molecular weight excluding hydrogens is 428 g/mol. The zero-order chi connectivity index (χ0) is 23.4. The number of ether oxygens (including phenoxy) is 3. The van der Waals surface area contributed by atoms with Gasteiger partial charge in [0, 0.05) is 12.1 Å². The van der Waals surface area contributed by atoms with Gasteiger partial charge in [0.1, 0.15) is 46.9 Å². The van der Waals surface area contributed by atoms with E-state index >= 15 is 0 Å². The van der Waals surface area contributed by atoms with Crippen LogP contribution in [0.3, 0.4) is 0 Å². The summed E-state index contributed by atoms with van der Waals surface area (Å²) >= 11 is 0. The summed E-state index contributed by atoms with van der Waals surface area (Å²) in [6.45, 7) is 1.39. The highest BCUT2D eigenvalue weighted by atomic mass is 16.8. The van der Waals surface area contributed by atoms with Crippen molar-refractivity contribution >= 4 is 5.78 Å². The number of Topliss-reactive ketones (excluding diaryl/α,β-unsaturated/α-hetero) is 1. The number of aromatic hydroxyl groups is 3. The van der Waals surface area contributed by atoms with Crippen LogP contribution in [0.1, 0.15) is 28.9 Å². The van der Waals surface area contributed by atoms with Crippen molar-refractivity contribution < 1.29 is 54.8 Å². The highest BCUT2D eigenvalue weighted by Crippen LogP contribution is 2.47. The summed E-state index contributed by atoms with van der Waals surface area (Å²) in [5.74, 6) is -5.49. The fraction of sp³-hybridized carbons (Fsp3) is 0.381. The normalized spacial score (nSPS) is 34.6. The lowest BCUT2D eigenvalue weighted by Crippen LogP contribution is -2.62. The Hall–Kier alpha value is -2.93. The van der Waals surface area contributed by atoms with Crippen LogP contribution in [-0.2, 0) is 9.47 Å². The Balaban J connectivity index is 1.80. The van der Waals surface area contributed by atoms with Crippen LogP contribution >= 0.6 is 0 Å². The van der Waals surface area contributed by atoms with Gasteiger partial charge in [-0.15, -0.1) is 0 Å². The summed E-state index contributed by atoms with van der Waals surface area (Å²) in [5, 5.41) is 71.2. The first-order chi connectivity index (χ1) is 15.0. The van der Waals surface area contributed by atoms with Crippen molar-refractivity contribution in [2.75, 3.05) is 0 Å². The minimum absolute atomic E-state index is 0.104. The fourth-order valence-corrected chi connectivity index (χ4v) is 3.76. The molecule has 11 heteroatoms. The molecule has 2 heterocycles. The van der Waals surface area contributed by atoms with Crippen LogP contribution in [0, 0.1) is 0 Å². The van der Waals surface area contributed by atoms with Crippen molar-refractivity contribution in [3.05, 3.63) is 47.5 Å². The highest BCUT2D eigenvalue weighted by Gasteiger charge is 2.57. The van der Waals surface area contributed by atoms with Gasteiger partial charge in [-0.05, 0) is 24.6 Å². The Morgan fingerprint density at radius 1 is 0.938 bits per heavy atom. The number of aliphatic hydroxyl groups is 4. The van der Waals surface area contributed by atoms with E-state index in [1.807, 2.05) is 0 Å². The topological polar surface area (TPSA) is 186 Å². The number of hydrogen-bond acceptors (Lipinski definition) is 11. The van der Waals surface area contributed by atoms with E-state index in [0.29, 0.717) is 0 Å². The molecule has 1 fully saturated rings. The summed E-state index contributed by atoms with van der Waals surface area (Å²) in [6.07, 6.45) is -9.37. The van der Waals surface area contributed by atoms with E-state index in [2.05, 4.69) is 0 Å². The zero-order valence-corrected chi connectivity index (χ0v) is 16.7. The Labute approximate surface area is 181 Å². The van der Waals surface area contributed by atoms with Gasteiger partial charge in [0.25, 0.3) is 5.79 Å². The monoisotopic (exact) mass is 450 g/mol. The molecule has 0 saturated carbocycles. The molecule has 1 saturated heterocycles. The van der Waals surface area contributed by atoms with Crippen LogP contribution in [0.15, 0.2) is 36.4 Å². The van der Waals surface area contributed by atoms with Crippen molar-refractivity contribution in [2.45, 2.75) is 49.5 Å². The average Bonchev–Trinajstić information content (AvgIpc) is 2.73. The number of phenols is 3. The molecule has 0 aliphatic carbocycles. The molecule has 0 bridgehead atoms. The number of rotatable bonds is 3. The summed E-state index contributed by atoms with van der Waals surface area (Å²) in [4.78, 5) is 13.3. The lowest BCUT2D eigenvalue weighted by Gasteiger charge is -2.45. The molecule has 2 aromatic rings. The molecule has 32 heavy (non-hydrogen) atoms. The Morgan fingerprint density at radius 2 is 1.59 bits per heavy atom. The van der Waals surface area contributed by atoms with Crippen LogP contribution in [-0.4, -0.2) is 78.0 Å². The molecular formula is C21H22O11. The lowest BCUT2D eigenvalue weighted by molar-refractivity contribution is -0.357. The maximum atomic E-state index is 13.3. The molecule has 4 rings (SSSR count). The van der Waals surface area contributed by atoms with Crippen LogP contribution in [0.4, 0.5) is 0 Å². The number of carbonyl (C=O) groups excluding carboxylic acids is 1.